The number of H-pyrrole nitrogens is 1. The molecule has 0 saturated heterocycles. The van der Waals surface area contributed by atoms with Gasteiger partial charge in [-0.3, -0.25) is 10.1 Å². The van der Waals surface area contributed by atoms with Crippen molar-refractivity contribution < 1.29 is 8.42 Å². The van der Waals surface area contributed by atoms with Gasteiger partial charge in [0.1, 0.15) is 0 Å². The zero-order valence-corrected chi connectivity index (χ0v) is 17.6. The van der Waals surface area contributed by atoms with Crippen molar-refractivity contribution in [3.8, 4) is 11.3 Å². The molecular weight excluding hydrogens is 386 g/mol. The number of nitrogens with zero attached hydrogens (tertiary/aromatic N) is 2. The minimum atomic E-state index is -3.26. The lowest BCUT2D eigenvalue weighted by atomic mass is 10.0. The molecule has 0 spiro atoms. The van der Waals surface area contributed by atoms with Gasteiger partial charge in [0.25, 0.3) is 0 Å². The molecular formula is C21H27N5O2S. The van der Waals surface area contributed by atoms with Gasteiger partial charge in [0.15, 0.2) is 9.84 Å². The lowest BCUT2D eigenvalue weighted by molar-refractivity contribution is 0.601. The second-order valence-electron chi connectivity index (χ2n) is 7.83. The molecule has 4 N–H and O–H groups in total. The van der Waals surface area contributed by atoms with E-state index in [1.54, 1.807) is 6.07 Å². The van der Waals surface area contributed by atoms with Gasteiger partial charge in [0.05, 0.1) is 39.1 Å². The van der Waals surface area contributed by atoms with E-state index in [9.17, 15) is 8.42 Å². The van der Waals surface area contributed by atoms with Crippen LogP contribution < -0.4 is 11.1 Å². The first-order chi connectivity index (χ1) is 13.9. The summed E-state index contributed by atoms with van der Waals surface area (Å²) < 4.78 is 23.9. The van der Waals surface area contributed by atoms with Crippen LogP contribution in [0.3, 0.4) is 0 Å². The van der Waals surface area contributed by atoms with Crippen LogP contribution in [0.25, 0.3) is 22.2 Å². The lowest BCUT2D eigenvalue weighted by Crippen LogP contribution is -2.06. The van der Waals surface area contributed by atoms with Crippen molar-refractivity contribution >= 4 is 26.4 Å². The van der Waals surface area contributed by atoms with Crippen LogP contribution in [0.2, 0.25) is 0 Å². The highest BCUT2D eigenvalue weighted by Gasteiger charge is 2.30. The van der Waals surface area contributed by atoms with Crippen molar-refractivity contribution in [2.24, 2.45) is 5.73 Å². The molecule has 3 aromatic rings. The number of pyridine rings is 1. The Morgan fingerprint density at radius 3 is 2.72 bits per heavy atom. The van der Waals surface area contributed by atoms with Crippen LogP contribution in [0.1, 0.15) is 42.9 Å². The molecule has 0 atom stereocenters. The molecule has 8 heteroatoms. The Morgan fingerprint density at radius 2 is 2.07 bits per heavy atom. The van der Waals surface area contributed by atoms with Gasteiger partial charge in [-0.15, -0.1) is 0 Å². The second-order valence-corrected chi connectivity index (χ2v) is 9.81. The van der Waals surface area contributed by atoms with Crippen molar-refractivity contribution in [1.82, 2.24) is 15.2 Å². The summed E-state index contributed by atoms with van der Waals surface area (Å²) in [6, 6.07) is 5.41. The summed E-state index contributed by atoms with van der Waals surface area (Å²) >= 11 is 0. The first kappa shape index (κ1) is 19.8. The van der Waals surface area contributed by atoms with Crippen LogP contribution in [-0.4, -0.2) is 42.9 Å². The number of hydrogen-bond acceptors (Lipinski definition) is 6. The van der Waals surface area contributed by atoms with Crippen LogP contribution in [0, 0.1) is 6.92 Å². The first-order valence-electron chi connectivity index (χ1n) is 10.0. The number of aromatic amines is 1. The standard InChI is InChI=1S/C21H27N5O2S/c1-13-11-15(7-8-17(13)29(2,27)28)19-18-20(14-5-6-14)25-26-21(18)16(12-24-19)23-10-4-3-9-22/h7-8,11-12,14,23H,3-6,9-10,22H2,1-2H3,(H,25,26). The molecule has 154 valence electrons. The highest BCUT2D eigenvalue weighted by atomic mass is 32.2. The molecule has 4 rings (SSSR count). The van der Waals surface area contributed by atoms with Crippen molar-refractivity contribution in [3.63, 3.8) is 0 Å². The number of rotatable bonds is 8. The fraction of sp³-hybridized carbons (Fsp3) is 0.429. The van der Waals surface area contributed by atoms with E-state index in [1.165, 1.54) is 6.26 Å². The predicted molar refractivity (Wildman–Crippen MR) is 116 cm³/mol. The van der Waals surface area contributed by atoms with E-state index in [0.717, 1.165) is 71.3 Å². The number of aromatic nitrogens is 3. The lowest BCUT2D eigenvalue weighted by Gasteiger charge is -2.12. The Bertz CT molecular complexity index is 1150. The summed E-state index contributed by atoms with van der Waals surface area (Å²) in [6.45, 7) is 3.34. The Morgan fingerprint density at radius 1 is 1.28 bits per heavy atom. The van der Waals surface area contributed by atoms with Gasteiger partial charge in [-0.2, -0.15) is 5.10 Å². The van der Waals surface area contributed by atoms with Gasteiger partial charge < -0.3 is 11.1 Å². The summed E-state index contributed by atoms with van der Waals surface area (Å²) in [6.07, 6.45) is 7.31. The zero-order chi connectivity index (χ0) is 20.6. The molecule has 0 bridgehead atoms. The Hall–Kier alpha value is -2.45. The van der Waals surface area contributed by atoms with E-state index in [2.05, 4.69) is 15.5 Å². The topological polar surface area (TPSA) is 114 Å². The molecule has 1 aliphatic carbocycles. The van der Waals surface area contributed by atoms with Crippen molar-refractivity contribution in [1.29, 1.82) is 0 Å². The highest BCUT2D eigenvalue weighted by molar-refractivity contribution is 7.90. The number of nitrogens with two attached hydrogens (primary N) is 1. The van der Waals surface area contributed by atoms with E-state index in [1.807, 2.05) is 25.3 Å². The van der Waals surface area contributed by atoms with E-state index in [4.69, 9.17) is 10.7 Å². The molecule has 1 saturated carbocycles. The number of benzene rings is 1. The minimum Gasteiger partial charge on any atom is -0.382 e. The summed E-state index contributed by atoms with van der Waals surface area (Å²) in [4.78, 5) is 5.11. The summed E-state index contributed by atoms with van der Waals surface area (Å²) in [5.74, 6) is 0.466. The smallest absolute Gasteiger partial charge is 0.175 e. The van der Waals surface area contributed by atoms with Crippen molar-refractivity contribution in [2.75, 3.05) is 24.7 Å². The molecule has 2 aromatic heterocycles. The number of nitrogens with one attached hydrogen (secondary N) is 2. The average molecular weight is 414 g/mol. The number of anilines is 1. The molecule has 1 aromatic carbocycles. The molecule has 0 unspecified atom stereocenters. The second kappa shape index (κ2) is 7.76. The summed E-state index contributed by atoms with van der Waals surface area (Å²) in [7, 11) is -3.26. The third-order valence-corrected chi connectivity index (χ3v) is 6.64. The van der Waals surface area contributed by atoms with E-state index in [-0.39, 0.29) is 0 Å². The van der Waals surface area contributed by atoms with Crippen LogP contribution >= 0.6 is 0 Å². The average Bonchev–Trinajstić information content (AvgIpc) is 3.42. The fourth-order valence-electron chi connectivity index (χ4n) is 3.76. The molecule has 1 aliphatic rings. The largest absolute Gasteiger partial charge is 0.382 e. The highest BCUT2D eigenvalue weighted by Crippen LogP contribution is 2.45. The fourth-order valence-corrected chi connectivity index (χ4v) is 4.72. The van der Waals surface area contributed by atoms with Gasteiger partial charge in [-0.25, -0.2) is 8.42 Å². The van der Waals surface area contributed by atoms with E-state index >= 15 is 0 Å². The molecule has 7 nitrogen and oxygen atoms in total. The molecule has 1 fully saturated rings. The van der Waals surface area contributed by atoms with Gasteiger partial charge in [-0.1, -0.05) is 6.07 Å². The molecule has 0 amide bonds. The molecule has 2 heterocycles. The third kappa shape index (κ3) is 4.00. The summed E-state index contributed by atoms with van der Waals surface area (Å²) in [5, 5.41) is 12.3. The first-order valence-corrected chi connectivity index (χ1v) is 11.9. The summed E-state index contributed by atoms with van der Waals surface area (Å²) in [5.41, 5.74) is 11.0. The van der Waals surface area contributed by atoms with Crippen molar-refractivity contribution in [3.05, 3.63) is 35.7 Å². The molecule has 0 aliphatic heterocycles. The number of sulfone groups is 1. The third-order valence-electron chi connectivity index (χ3n) is 5.38. The Balaban J connectivity index is 1.79. The van der Waals surface area contributed by atoms with Gasteiger partial charge in [0, 0.05) is 24.3 Å². The maximum absolute atomic E-state index is 12.0. The molecule has 0 radical (unpaired) electrons. The van der Waals surface area contributed by atoms with E-state index < -0.39 is 9.84 Å². The minimum absolute atomic E-state index is 0.352. The van der Waals surface area contributed by atoms with Gasteiger partial charge in [-0.05, 0) is 56.8 Å². The predicted octanol–water partition coefficient (Wildman–Crippen LogP) is 3.37. The van der Waals surface area contributed by atoms with Crippen molar-refractivity contribution in [2.45, 2.75) is 43.4 Å². The Labute approximate surface area is 171 Å². The maximum Gasteiger partial charge on any atom is 0.175 e. The number of aryl methyl sites for hydroxylation is 1. The molecule has 29 heavy (non-hydrogen) atoms. The van der Waals surface area contributed by atoms with E-state index in [0.29, 0.717) is 17.4 Å². The maximum atomic E-state index is 12.0. The normalized spacial score (nSPS) is 14.4. The number of fused-ring (bicyclic) bond motifs is 1. The Kier molecular flexibility index (Phi) is 5.31. The SMILES string of the molecule is Cc1cc(-c2ncc(NCCCCN)c3[nH]nc(C4CC4)c23)ccc1S(C)(=O)=O. The van der Waals surface area contributed by atoms with Crippen LogP contribution in [0.4, 0.5) is 5.69 Å². The van der Waals surface area contributed by atoms with Crippen LogP contribution in [0.15, 0.2) is 29.3 Å². The van der Waals surface area contributed by atoms with Gasteiger partial charge >= 0.3 is 0 Å². The van der Waals surface area contributed by atoms with Gasteiger partial charge in [0.2, 0.25) is 0 Å². The number of hydrogen-bond donors (Lipinski definition) is 3. The quantitative estimate of drug-likeness (QED) is 0.488. The zero-order valence-electron chi connectivity index (χ0n) is 16.8. The monoisotopic (exact) mass is 413 g/mol. The van der Waals surface area contributed by atoms with Crippen LogP contribution in [-0.2, 0) is 9.84 Å². The number of unbranched alkanes of at least 4 members (excludes halogenated alkanes) is 1. The van der Waals surface area contributed by atoms with Crippen LogP contribution in [0.5, 0.6) is 0 Å².